The molecule has 16 heterocycles. The van der Waals surface area contributed by atoms with Crippen molar-refractivity contribution >= 4 is 69.3 Å². The Balaban J connectivity index is 0.000000167. The number of nitrogens with one attached hydrogen (secondary N) is 2. The number of aromatic hydroxyl groups is 2. The average molecular weight is 1770 g/mol. The average Bonchev–Trinajstić information content (AvgIpc) is 1.31. The Morgan fingerprint density at radius 1 is 0.622 bits per heavy atom. The van der Waals surface area contributed by atoms with Gasteiger partial charge in [-0.1, -0.05) is 56.0 Å². The Kier molecular flexibility index (Phi) is 21.8. The van der Waals surface area contributed by atoms with Crippen LogP contribution in [0, 0.1) is 49.1 Å². The summed E-state index contributed by atoms with van der Waals surface area (Å²) in [4.78, 5) is 72.6. The second-order valence-corrected chi connectivity index (χ2v) is 34.1. The fourth-order valence-electron chi connectivity index (χ4n) is 21.2. The standard InChI is InChI=1S/C42H42N4O10S.C41H43N3O11S.CH4.Ag.HNO3/c1-18-10-21-11-25-26(13-43)46-27-15-52-41(50)42(40-24(12-22(14-47)44-42)23-8-6-7-9-28(23)56-40)16-57-39(33(46)32(45(25)4)29(21)34(49)35(18)51-5)31-30(27)38-37(53-17-54-38)19(2)36(31)55-20(3)48;1-17-10-20-11-24-39(48)44-25-14-51-40(49)41(38-23(12-21(13-45)42-41)22-8-6-7-9-26(22)55-38)15-56-37(31(44)30(43(24)4)27(20)32(47)33(17)50-5)29-28(25)36-35(52-16-53-36)18(2)34(29)54-19(3)46;;;2-1(3)4/h6-10,22,25-27,32-33,39,44,47,49H,11-12,14-17H2,1-5H3;6-10,21,24-25,30-31,37,39,42,45,47-48H,11-16H2,1-5H3;1H4;;(H,2,3,4)/t22-,25-,26-,27-,32+,33+,39+,42+;21-,24-,25-,30+,31+,37+,39-,41+;;;/m00.../s1. The zero-order valence-corrected chi connectivity index (χ0v) is 68.8. The monoisotopic (exact) mass is 1770 g/mol. The van der Waals surface area contributed by atoms with Gasteiger partial charge in [0.05, 0.1) is 74.2 Å². The maximum absolute atomic E-state index is 15.0. The number of rotatable bonds is 6. The normalized spacial score (nSPS) is 28.8. The number of para-hydroxylation sites is 2. The number of likely N-dealkylation sites (N-methyl/N-ethyl adjacent to an activating group) is 2. The zero-order valence-electron chi connectivity index (χ0n) is 65.7. The first-order chi connectivity index (χ1) is 56.2. The van der Waals surface area contributed by atoms with Crippen molar-refractivity contribution in [3.8, 4) is 63.6 Å². The number of esters is 4. The van der Waals surface area contributed by atoms with Gasteiger partial charge < -0.3 is 86.9 Å². The number of benzene rings is 6. The van der Waals surface area contributed by atoms with Crippen LogP contribution >= 0.6 is 23.5 Å². The van der Waals surface area contributed by atoms with E-state index in [-0.39, 0.29) is 98.9 Å². The van der Waals surface area contributed by atoms with Crippen molar-refractivity contribution in [3.63, 3.8) is 0 Å². The maximum Gasteiger partial charge on any atom is 0.335 e. The Morgan fingerprint density at radius 3 is 1.45 bits per heavy atom. The van der Waals surface area contributed by atoms with Crippen LogP contribution in [0.15, 0.2) is 69.5 Å². The molecule has 8 aromatic rings. The summed E-state index contributed by atoms with van der Waals surface area (Å²) >= 11 is 2.88. The number of aliphatic hydroxyl groups is 3. The van der Waals surface area contributed by atoms with Gasteiger partial charge in [0.25, 0.3) is 5.09 Å². The molecule has 4 saturated heterocycles. The van der Waals surface area contributed by atoms with Crippen molar-refractivity contribution in [2.45, 2.75) is 169 Å². The van der Waals surface area contributed by atoms with E-state index in [4.69, 9.17) is 71.5 Å². The van der Waals surface area contributed by atoms with E-state index in [9.17, 15) is 50.0 Å². The number of furan rings is 2. The molecular formula is C84H90AgN8O24S2. The topological polar surface area (TPSA) is 412 Å². The molecule has 2 aromatic heterocycles. The van der Waals surface area contributed by atoms with Crippen LogP contribution in [0.1, 0.15) is 145 Å². The molecule has 32 nitrogen and oxygen atoms in total. The molecule has 0 amide bonds. The number of piperazine rings is 2. The van der Waals surface area contributed by atoms with E-state index in [0.717, 1.165) is 44.2 Å². The second kappa shape index (κ2) is 31.2. The fourth-order valence-corrected chi connectivity index (χ4v) is 24.5. The van der Waals surface area contributed by atoms with E-state index in [2.05, 4.69) is 31.4 Å². The van der Waals surface area contributed by atoms with Gasteiger partial charge >= 0.3 is 23.9 Å². The predicted molar refractivity (Wildman–Crippen MR) is 423 cm³/mol. The molecule has 119 heavy (non-hydrogen) atoms. The van der Waals surface area contributed by atoms with E-state index >= 15 is 0 Å². The van der Waals surface area contributed by atoms with Crippen LogP contribution in [-0.2, 0) is 87.8 Å². The molecule has 4 fully saturated rings. The molecule has 8 N–H and O–H groups in total. The fraction of sp³-hybridized carbons (Fsp3) is 0.464. The minimum absolute atomic E-state index is 0. The van der Waals surface area contributed by atoms with Crippen LogP contribution < -0.4 is 48.5 Å². The second-order valence-electron chi connectivity index (χ2n) is 31.8. The predicted octanol–water partition coefficient (Wildman–Crippen LogP) is 8.47. The van der Waals surface area contributed by atoms with Crippen molar-refractivity contribution in [3.05, 3.63) is 160 Å². The molecular weight excluding hydrogens is 1680 g/mol. The van der Waals surface area contributed by atoms with Crippen LogP contribution in [0.5, 0.6) is 57.5 Å². The van der Waals surface area contributed by atoms with Gasteiger partial charge in [-0.25, -0.2) is 9.59 Å². The van der Waals surface area contributed by atoms with Crippen LogP contribution in [0.2, 0.25) is 0 Å². The molecule has 633 valence electrons. The number of nitriles is 1. The van der Waals surface area contributed by atoms with Gasteiger partial charge in [-0.2, -0.15) is 5.26 Å². The third kappa shape index (κ3) is 12.4. The van der Waals surface area contributed by atoms with Crippen molar-refractivity contribution < 1.29 is 134 Å². The summed E-state index contributed by atoms with van der Waals surface area (Å²) in [7, 11) is 7.01. The number of carbonyl (C=O) groups excluding carboxylic acids is 4. The van der Waals surface area contributed by atoms with E-state index in [0.29, 0.717) is 139 Å². The Hall–Kier alpha value is -9.55. The number of methoxy groups -OCH3 is 2. The van der Waals surface area contributed by atoms with Crippen LogP contribution in [-0.4, -0.2) is 208 Å². The number of carbonyl (C=O) groups is 4. The molecule has 35 heteroatoms. The first kappa shape index (κ1) is 83.1. The molecule has 2 spiro atoms. The van der Waals surface area contributed by atoms with E-state index < -0.39 is 117 Å². The van der Waals surface area contributed by atoms with Crippen LogP contribution in [0.3, 0.4) is 0 Å². The number of ether oxygens (including phenoxy) is 10. The molecule has 0 aliphatic carbocycles. The third-order valence-corrected chi connectivity index (χ3v) is 28.7. The molecule has 0 unspecified atom stereocenters. The van der Waals surface area contributed by atoms with E-state index in [1.54, 1.807) is 0 Å². The van der Waals surface area contributed by atoms with Gasteiger partial charge in [0.2, 0.25) is 13.6 Å². The smallest absolute Gasteiger partial charge is 0.335 e. The number of nitrogens with zero attached hydrogens (tertiary/aromatic N) is 6. The molecule has 22 rings (SSSR count). The number of hydrogen-bond donors (Lipinski definition) is 8. The summed E-state index contributed by atoms with van der Waals surface area (Å²) < 4.78 is 74.3. The van der Waals surface area contributed by atoms with Gasteiger partial charge in [0, 0.05) is 144 Å². The van der Waals surface area contributed by atoms with Crippen molar-refractivity contribution in [2.24, 2.45) is 0 Å². The van der Waals surface area contributed by atoms with Gasteiger partial charge in [0.15, 0.2) is 57.1 Å². The summed E-state index contributed by atoms with van der Waals surface area (Å²) in [6.45, 7) is 9.09. The molecule has 8 bridgehead atoms. The van der Waals surface area contributed by atoms with Crippen molar-refractivity contribution in [2.75, 3.05) is 79.8 Å². The molecule has 1 radical (unpaired) electrons. The number of aliphatic hydroxyl groups excluding tert-OH is 3. The Bertz CT molecular complexity index is 5580. The molecule has 0 saturated carbocycles. The molecule has 14 aliphatic rings. The Morgan fingerprint density at radius 2 is 1.03 bits per heavy atom. The van der Waals surface area contributed by atoms with E-state index in [1.807, 2.05) is 107 Å². The third-order valence-electron chi connectivity index (χ3n) is 25.7. The van der Waals surface area contributed by atoms with Gasteiger partial charge in [-0.05, 0) is 102 Å². The number of aryl methyl sites for hydroxylation is 2. The summed E-state index contributed by atoms with van der Waals surface area (Å²) in [5.41, 5.74) is 8.32. The van der Waals surface area contributed by atoms with Crippen molar-refractivity contribution in [1.82, 2.24) is 30.2 Å². The minimum Gasteiger partial charge on any atom is -0.504 e. The van der Waals surface area contributed by atoms with Gasteiger partial charge in [-0.15, -0.1) is 33.6 Å². The van der Waals surface area contributed by atoms with Crippen LogP contribution in [0.25, 0.3) is 21.9 Å². The number of phenols is 2. The summed E-state index contributed by atoms with van der Waals surface area (Å²) in [6.07, 6.45) is 0.732. The van der Waals surface area contributed by atoms with Gasteiger partial charge in [0.1, 0.15) is 59.7 Å². The first-order valence-electron chi connectivity index (χ1n) is 38.6. The minimum atomic E-state index is -1.54. The number of thioether (sulfide) groups is 2. The summed E-state index contributed by atoms with van der Waals surface area (Å²) in [5.74, 6) is 1.97. The van der Waals surface area contributed by atoms with Crippen molar-refractivity contribution in [1.29, 1.82) is 5.26 Å². The van der Waals surface area contributed by atoms with E-state index in [1.165, 1.54) is 51.6 Å². The molecule has 14 aliphatic heterocycles. The van der Waals surface area contributed by atoms with Crippen LogP contribution in [0.4, 0.5) is 0 Å². The Labute approximate surface area is 706 Å². The molecule has 6 aromatic carbocycles. The largest absolute Gasteiger partial charge is 0.504 e. The number of hydrogen-bond acceptors (Lipinski definition) is 32. The van der Waals surface area contributed by atoms with Gasteiger partial charge in [-0.3, -0.25) is 39.8 Å². The zero-order chi connectivity index (χ0) is 82.2. The summed E-state index contributed by atoms with van der Waals surface area (Å²) in [5, 5.41) is 90.3. The molecule has 16 atom stereocenters. The quantitative estimate of drug-likeness (QED) is 0.0254. The summed E-state index contributed by atoms with van der Waals surface area (Å²) in [6, 6.07) is 15.8. The number of fused-ring (bicyclic) bond motifs is 22. The maximum atomic E-state index is 15.0. The first-order valence-corrected chi connectivity index (χ1v) is 40.7. The SMILES string of the molecule is C.COc1c(C)cc2c(c1O)[C@@H]1[C@@H]3[C@@H]4SC[C@]5(N[C@H](CO)Cc6c5oc5ccccc65)C(=O)OC[C@@H](c5c6c(c(C)c(OC(C)=O)c54)OCO6)N3[C@@H](C#N)[C@H](C2)N1C.COc1c(C)cc2c(c1O)[C@@H]1[C@@H]3[C@@H]4SC[C@]5(N[C@H](CO)Cc6c5oc5ccccc65)C(=O)OC[C@@H](c5c6c(c(C)c(OC(C)=O)c54)OCO6)N3[C@@H](O)[C@H](C2)N1C.O=[N+]([O-])O.[Ag]. The number of phenolic OH excluding ortho intramolecular Hbond substituents is 2.